The molecule has 1 unspecified atom stereocenters. The van der Waals surface area contributed by atoms with E-state index < -0.39 is 5.60 Å². The van der Waals surface area contributed by atoms with Crippen molar-refractivity contribution in [2.24, 2.45) is 0 Å². The summed E-state index contributed by atoms with van der Waals surface area (Å²) in [4.78, 5) is 10.8. The zero-order valence-corrected chi connectivity index (χ0v) is 16.5. The average molecular weight is 391 g/mol. The summed E-state index contributed by atoms with van der Waals surface area (Å²) in [6.45, 7) is 2.10. The van der Waals surface area contributed by atoms with E-state index in [1.165, 1.54) is 0 Å². The van der Waals surface area contributed by atoms with Gasteiger partial charge in [-0.15, -0.1) is 11.3 Å². The van der Waals surface area contributed by atoms with E-state index in [0.717, 1.165) is 37.8 Å². The fourth-order valence-corrected chi connectivity index (χ4v) is 4.05. The van der Waals surface area contributed by atoms with Gasteiger partial charge in [0.05, 0.1) is 12.5 Å². The number of benzene rings is 2. The molecule has 0 amide bonds. The van der Waals surface area contributed by atoms with Gasteiger partial charge in [-0.3, -0.25) is 0 Å². The predicted octanol–water partition coefficient (Wildman–Crippen LogP) is 4.69. The van der Waals surface area contributed by atoms with Crippen LogP contribution in [-0.4, -0.2) is 28.7 Å². The second kappa shape index (κ2) is 7.58. The molecule has 2 aromatic heterocycles. The number of hydrogen-bond donors (Lipinski definition) is 2. The molecule has 142 valence electrons. The number of nitrogens with one attached hydrogen (secondary N) is 1. The summed E-state index contributed by atoms with van der Waals surface area (Å²) in [6.07, 6.45) is 1.55. The van der Waals surface area contributed by atoms with Crippen molar-refractivity contribution in [3.8, 4) is 16.2 Å². The summed E-state index contributed by atoms with van der Waals surface area (Å²) >= 11 is 1.63. The number of fused-ring (bicyclic) bond motifs is 1. The van der Waals surface area contributed by atoms with Crippen LogP contribution in [0, 0.1) is 0 Å². The molecule has 0 fully saturated rings. The van der Waals surface area contributed by atoms with Gasteiger partial charge in [-0.05, 0) is 36.2 Å². The van der Waals surface area contributed by atoms with Crippen LogP contribution in [0.3, 0.4) is 0 Å². The topological polar surface area (TPSA) is 67.3 Å². The Labute approximate surface area is 167 Å². The molecule has 0 aliphatic carbocycles. The van der Waals surface area contributed by atoms with Crippen LogP contribution < -0.4 is 10.1 Å². The van der Waals surface area contributed by atoms with E-state index in [1.54, 1.807) is 31.7 Å². The van der Waals surface area contributed by atoms with Crippen LogP contribution in [0.2, 0.25) is 0 Å². The minimum absolute atomic E-state index is 0.321. The van der Waals surface area contributed by atoms with Crippen molar-refractivity contribution >= 4 is 27.4 Å². The van der Waals surface area contributed by atoms with Crippen LogP contribution in [0.5, 0.6) is 5.75 Å². The summed E-state index contributed by atoms with van der Waals surface area (Å²) in [5, 5.41) is 15.2. The first-order valence-corrected chi connectivity index (χ1v) is 9.79. The first-order chi connectivity index (χ1) is 13.6. The molecule has 2 N–H and O–H groups in total. The number of thiophene rings is 1. The molecule has 4 rings (SSSR count). The zero-order valence-electron chi connectivity index (χ0n) is 15.7. The summed E-state index contributed by atoms with van der Waals surface area (Å²) in [7, 11) is 1.62. The molecule has 5 nitrogen and oxygen atoms in total. The number of aromatic nitrogens is 2. The van der Waals surface area contributed by atoms with Gasteiger partial charge in [-0.2, -0.15) is 0 Å². The third kappa shape index (κ3) is 3.69. The molecule has 4 aromatic rings. The van der Waals surface area contributed by atoms with Crippen molar-refractivity contribution in [2.75, 3.05) is 19.0 Å². The van der Waals surface area contributed by atoms with Crippen LogP contribution in [-0.2, 0) is 5.60 Å². The molecule has 1 atom stereocenters. The summed E-state index contributed by atoms with van der Waals surface area (Å²) in [6, 6.07) is 19.7. The first kappa shape index (κ1) is 18.4. The number of nitrogens with zero attached hydrogens (tertiary/aromatic N) is 2. The van der Waals surface area contributed by atoms with Crippen LogP contribution >= 0.6 is 11.3 Å². The third-order valence-electron chi connectivity index (χ3n) is 4.70. The van der Waals surface area contributed by atoms with Gasteiger partial charge in [0.15, 0.2) is 0 Å². The largest absolute Gasteiger partial charge is 0.497 e. The van der Waals surface area contributed by atoms with Crippen molar-refractivity contribution in [1.82, 2.24) is 9.97 Å². The Hall–Kier alpha value is -2.96. The molecule has 0 radical (unpaired) electrons. The highest BCUT2D eigenvalue weighted by molar-refractivity contribution is 7.21. The highest BCUT2D eigenvalue weighted by atomic mass is 32.1. The Morgan fingerprint density at radius 1 is 1.07 bits per heavy atom. The molecule has 0 saturated carbocycles. The Morgan fingerprint density at radius 2 is 1.82 bits per heavy atom. The molecule has 0 aliphatic heterocycles. The monoisotopic (exact) mass is 391 g/mol. The van der Waals surface area contributed by atoms with Crippen LogP contribution in [0.25, 0.3) is 20.7 Å². The number of anilines is 1. The molecule has 2 aromatic carbocycles. The van der Waals surface area contributed by atoms with Gasteiger partial charge < -0.3 is 15.2 Å². The SMILES string of the molecule is COc1ccc(C(C)(O)CNc2ncnc3sc(-c4ccccc4)cc23)cc1. The van der Waals surface area contributed by atoms with Crippen molar-refractivity contribution in [2.45, 2.75) is 12.5 Å². The molecule has 0 saturated heterocycles. The standard InChI is InChI=1S/C22H21N3O2S/c1-22(26,16-8-10-17(27-2)11-9-16)13-23-20-18-12-19(15-6-4-3-5-7-15)28-21(18)25-14-24-20/h3-12,14,26H,13H2,1-2H3,(H,23,24,25). The van der Waals surface area contributed by atoms with E-state index in [4.69, 9.17) is 4.74 Å². The van der Waals surface area contributed by atoms with E-state index in [-0.39, 0.29) is 0 Å². The number of aliphatic hydroxyl groups is 1. The maximum absolute atomic E-state index is 10.9. The predicted molar refractivity (Wildman–Crippen MR) is 114 cm³/mol. The molecule has 2 heterocycles. The molecule has 0 aliphatic rings. The van der Waals surface area contributed by atoms with E-state index in [0.29, 0.717) is 6.54 Å². The Kier molecular flexibility index (Phi) is 4.98. The normalized spacial score (nSPS) is 13.2. The minimum atomic E-state index is -1.05. The minimum Gasteiger partial charge on any atom is -0.497 e. The van der Waals surface area contributed by atoms with Crippen LogP contribution in [0.4, 0.5) is 5.82 Å². The van der Waals surface area contributed by atoms with Crippen molar-refractivity contribution in [1.29, 1.82) is 0 Å². The van der Waals surface area contributed by atoms with E-state index in [2.05, 4.69) is 33.5 Å². The van der Waals surface area contributed by atoms with Gasteiger partial charge in [-0.1, -0.05) is 42.5 Å². The summed E-state index contributed by atoms with van der Waals surface area (Å²) in [5.41, 5.74) is 0.907. The van der Waals surface area contributed by atoms with E-state index in [9.17, 15) is 5.11 Å². The van der Waals surface area contributed by atoms with Gasteiger partial charge in [0, 0.05) is 11.4 Å². The van der Waals surface area contributed by atoms with E-state index in [1.807, 2.05) is 42.5 Å². The Bertz CT molecular complexity index is 1080. The Morgan fingerprint density at radius 3 is 2.54 bits per heavy atom. The molecular weight excluding hydrogens is 370 g/mol. The highest BCUT2D eigenvalue weighted by Crippen LogP contribution is 2.35. The number of methoxy groups -OCH3 is 1. The smallest absolute Gasteiger partial charge is 0.138 e. The lowest BCUT2D eigenvalue weighted by molar-refractivity contribution is 0.0714. The van der Waals surface area contributed by atoms with Crippen molar-refractivity contribution < 1.29 is 9.84 Å². The molecular formula is C22H21N3O2S. The van der Waals surface area contributed by atoms with Crippen LogP contribution in [0.1, 0.15) is 12.5 Å². The van der Waals surface area contributed by atoms with Gasteiger partial charge in [0.2, 0.25) is 0 Å². The van der Waals surface area contributed by atoms with Crippen LogP contribution in [0.15, 0.2) is 67.0 Å². The summed E-state index contributed by atoms with van der Waals surface area (Å²) < 4.78 is 5.19. The fourth-order valence-electron chi connectivity index (χ4n) is 3.05. The van der Waals surface area contributed by atoms with Crippen molar-refractivity contribution in [3.05, 3.63) is 72.6 Å². The average Bonchev–Trinajstić information content (AvgIpc) is 3.18. The van der Waals surface area contributed by atoms with Gasteiger partial charge in [0.25, 0.3) is 0 Å². The molecule has 0 bridgehead atoms. The lowest BCUT2D eigenvalue weighted by atomic mass is 9.96. The maximum atomic E-state index is 10.9. The zero-order chi connectivity index (χ0) is 19.6. The number of rotatable bonds is 6. The van der Waals surface area contributed by atoms with Gasteiger partial charge in [-0.25, -0.2) is 9.97 Å². The quantitative estimate of drug-likeness (QED) is 0.499. The second-order valence-electron chi connectivity index (χ2n) is 6.77. The molecule has 28 heavy (non-hydrogen) atoms. The lowest BCUT2D eigenvalue weighted by Crippen LogP contribution is -2.31. The highest BCUT2D eigenvalue weighted by Gasteiger charge is 2.23. The third-order valence-corrected chi connectivity index (χ3v) is 5.79. The molecule has 6 heteroatoms. The second-order valence-corrected chi connectivity index (χ2v) is 7.80. The summed E-state index contributed by atoms with van der Waals surface area (Å²) in [5.74, 6) is 1.48. The first-order valence-electron chi connectivity index (χ1n) is 8.97. The van der Waals surface area contributed by atoms with Gasteiger partial charge in [0.1, 0.15) is 28.3 Å². The van der Waals surface area contributed by atoms with Crippen molar-refractivity contribution in [3.63, 3.8) is 0 Å². The van der Waals surface area contributed by atoms with Gasteiger partial charge >= 0.3 is 0 Å². The maximum Gasteiger partial charge on any atom is 0.138 e. The lowest BCUT2D eigenvalue weighted by Gasteiger charge is -2.24. The van der Waals surface area contributed by atoms with E-state index >= 15 is 0 Å². The molecule has 0 spiro atoms. The Balaban J connectivity index is 1.58. The number of ether oxygens (including phenoxy) is 1. The fraction of sp³-hybridized carbons (Fsp3) is 0.182. The number of hydrogen-bond acceptors (Lipinski definition) is 6.